The van der Waals surface area contributed by atoms with Crippen molar-refractivity contribution in [3.63, 3.8) is 0 Å². The Morgan fingerprint density at radius 2 is 2.12 bits per heavy atom. The van der Waals surface area contributed by atoms with E-state index in [0.29, 0.717) is 24.5 Å². The van der Waals surface area contributed by atoms with Crippen molar-refractivity contribution in [1.29, 1.82) is 0 Å². The molecule has 1 aromatic carbocycles. The lowest BCUT2D eigenvalue weighted by atomic mass is 10.2. The van der Waals surface area contributed by atoms with Crippen molar-refractivity contribution in [3.8, 4) is 5.75 Å². The molecule has 0 aliphatic heterocycles. The Labute approximate surface area is 111 Å². The predicted molar refractivity (Wildman–Crippen MR) is 73.0 cm³/mol. The summed E-state index contributed by atoms with van der Waals surface area (Å²) in [6.45, 7) is 3.17. The van der Waals surface area contributed by atoms with E-state index in [0.717, 1.165) is 18.2 Å². The van der Waals surface area contributed by atoms with Gasteiger partial charge in [-0.3, -0.25) is 4.79 Å². The summed E-state index contributed by atoms with van der Waals surface area (Å²) in [4.78, 5) is 11.9. The van der Waals surface area contributed by atoms with Gasteiger partial charge in [0.15, 0.2) is 0 Å². The Morgan fingerprint density at radius 1 is 1.35 bits per heavy atom. The highest BCUT2D eigenvalue weighted by Gasteiger charge is 2.10. The fraction of sp³-hybridized carbons (Fsp3) is 0.462. The highest BCUT2D eigenvalue weighted by Crippen LogP contribution is 2.17. The van der Waals surface area contributed by atoms with Crippen molar-refractivity contribution < 1.29 is 9.53 Å². The molecule has 0 saturated carbocycles. The molecule has 1 amide bonds. The summed E-state index contributed by atoms with van der Waals surface area (Å²) in [6, 6.07) is 7.31. The lowest BCUT2D eigenvalue weighted by Crippen LogP contribution is -2.25. The molecule has 1 N–H and O–H groups in total. The summed E-state index contributed by atoms with van der Waals surface area (Å²) in [6.07, 6.45) is 2.04. The van der Waals surface area contributed by atoms with Crippen LogP contribution in [0.25, 0.3) is 0 Å². The van der Waals surface area contributed by atoms with Gasteiger partial charge >= 0.3 is 0 Å². The molecular weight excluding hydrogens is 282 g/mol. The number of rotatable bonds is 7. The number of para-hydroxylation sites is 1. The van der Waals surface area contributed by atoms with Gasteiger partial charge in [0.1, 0.15) is 5.75 Å². The van der Waals surface area contributed by atoms with E-state index in [-0.39, 0.29) is 5.91 Å². The highest BCUT2D eigenvalue weighted by molar-refractivity contribution is 9.09. The normalized spacial score (nSPS) is 10.0. The van der Waals surface area contributed by atoms with Crippen LogP contribution in [0.1, 0.15) is 30.1 Å². The number of alkyl halides is 1. The minimum absolute atomic E-state index is 0.0661. The molecule has 0 aromatic heterocycles. The smallest absolute Gasteiger partial charge is 0.255 e. The maximum absolute atomic E-state index is 11.9. The van der Waals surface area contributed by atoms with Crippen LogP contribution >= 0.6 is 15.9 Å². The van der Waals surface area contributed by atoms with Crippen LogP contribution in [-0.2, 0) is 0 Å². The molecule has 3 nitrogen and oxygen atoms in total. The molecule has 0 saturated heterocycles. The van der Waals surface area contributed by atoms with E-state index in [9.17, 15) is 4.79 Å². The van der Waals surface area contributed by atoms with Crippen LogP contribution in [0.15, 0.2) is 24.3 Å². The third-order valence-corrected chi connectivity index (χ3v) is 2.84. The van der Waals surface area contributed by atoms with Crippen molar-refractivity contribution in [3.05, 3.63) is 29.8 Å². The monoisotopic (exact) mass is 299 g/mol. The Bertz CT molecular complexity index is 355. The van der Waals surface area contributed by atoms with Crippen LogP contribution in [0.5, 0.6) is 5.75 Å². The Morgan fingerprint density at radius 3 is 2.82 bits per heavy atom. The third-order valence-electron chi connectivity index (χ3n) is 2.28. The number of hydrogen-bond acceptors (Lipinski definition) is 2. The summed E-state index contributed by atoms with van der Waals surface area (Å²) < 4.78 is 5.42. The van der Waals surface area contributed by atoms with Crippen LogP contribution in [0.3, 0.4) is 0 Å². The maximum Gasteiger partial charge on any atom is 0.255 e. The van der Waals surface area contributed by atoms with E-state index < -0.39 is 0 Å². The molecule has 1 rings (SSSR count). The number of amides is 1. The molecule has 0 bridgehead atoms. The van der Waals surface area contributed by atoms with Crippen LogP contribution in [0.2, 0.25) is 0 Å². The second-order valence-corrected chi connectivity index (χ2v) is 4.37. The third kappa shape index (κ3) is 4.77. The first-order valence-electron chi connectivity index (χ1n) is 5.85. The van der Waals surface area contributed by atoms with E-state index in [1.165, 1.54) is 0 Å². The SMILES string of the molecule is CCOc1ccccc1C(=O)NCCCCBr. The molecular formula is C13H18BrNO2. The zero-order valence-corrected chi connectivity index (χ0v) is 11.6. The number of carbonyl (C=O) groups excluding carboxylic acids is 1. The van der Waals surface area contributed by atoms with Crippen LogP contribution in [-0.4, -0.2) is 24.4 Å². The minimum Gasteiger partial charge on any atom is -0.493 e. The second kappa shape index (κ2) is 8.12. The minimum atomic E-state index is -0.0661. The van der Waals surface area contributed by atoms with Gasteiger partial charge in [0, 0.05) is 11.9 Å². The number of unbranched alkanes of at least 4 members (excludes halogenated alkanes) is 1. The van der Waals surface area contributed by atoms with E-state index in [1.54, 1.807) is 6.07 Å². The predicted octanol–water partition coefficient (Wildman–Crippen LogP) is 2.99. The van der Waals surface area contributed by atoms with E-state index >= 15 is 0 Å². The van der Waals surface area contributed by atoms with Gasteiger partial charge in [0.25, 0.3) is 5.91 Å². The lowest BCUT2D eigenvalue weighted by Gasteiger charge is -2.10. The summed E-state index contributed by atoms with van der Waals surface area (Å²) in [7, 11) is 0. The molecule has 0 aliphatic rings. The Balaban J connectivity index is 2.55. The quantitative estimate of drug-likeness (QED) is 0.621. The maximum atomic E-state index is 11.9. The summed E-state index contributed by atoms with van der Waals surface area (Å²) in [5.41, 5.74) is 0.605. The first-order chi connectivity index (χ1) is 8.29. The molecule has 0 aliphatic carbocycles. The largest absolute Gasteiger partial charge is 0.493 e. The highest BCUT2D eigenvalue weighted by atomic mass is 79.9. The molecule has 0 spiro atoms. The average Bonchev–Trinajstić information content (AvgIpc) is 2.35. The molecule has 0 atom stereocenters. The topological polar surface area (TPSA) is 38.3 Å². The molecule has 0 radical (unpaired) electrons. The number of benzene rings is 1. The van der Waals surface area contributed by atoms with Crippen molar-refractivity contribution in [2.24, 2.45) is 0 Å². The number of hydrogen-bond donors (Lipinski definition) is 1. The molecule has 0 fully saturated rings. The van der Waals surface area contributed by atoms with Crippen molar-refractivity contribution in [2.75, 3.05) is 18.5 Å². The summed E-state index contributed by atoms with van der Waals surface area (Å²) in [5, 5.41) is 3.86. The lowest BCUT2D eigenvalue weighted by molar-refractivity contribution is 0.0949. The standard InChI is InChI=1S/C13H18BrNO2/c1-2-17-12-8-4-3-7-11(12)13(16)15-10-6-5-9-14/h3-4,7-8H,2,5-6,9-10H2,1H3,(H,15,16). The van der Waals surface area contributed by atoms with Gasteiger partial charge in [-0.15, -0.1) is 0 Å². The average molecular weight is 300 g/mol. The Kier molecular flexibility index (Phi) is 6.70. The number of nitrogens with one attached hydrogen (secondary N) is 1. The fourth-order valence-corrected chi connectivity index (χ4v) is 1.85. The van der Waals surface area contributed by atoms with E-state index in [1.807, 2.05) is 25.1 Å². The van der Waals surface area contributed by atoms with Crippen LogP contribution in [0.4, 0.5) is 0 Å². The van der Waals surface area contributed by atoms with E-state index in [2.05, 4.69) is 21.2 Å². The zero-order valence-electron chi connectivity index (χ0n) is 10.0. The number of carbonyl (C=O) groups is 1. The van der Waals surface area contributed by atoms with Crippen LogP contribution in [0, 0.1) is 0 Å². The van der Waals surface area contributed by atoms with Crippen molar-refractivity contribution in [1.82, 2.24) is 5.32 Å². The first kappa shape index (κ1) is 14.0. The van der Waals surface area contributed by atoms with Gasteiger partial charge in [0.2, 0.25) is 0 Å². The van der Waals surface area contributed by atoms with Gasteiger partial charge in [-0.05, 0) is 31.9 Å². The summed E-state index contributed by atoms with van der Waals surface area (Å²) >= 11 is 3.36. The zero-order chi connectivity index (χ0) is 12.5. The van der Waals surface area contributed by atoms with Gasteiger partial charge < -0.3 is 10.1 Å². The van der Waals surface area contributed by atoms with Crippen LogP contribution < -0.4 is 10.1 Å². The van der Waals surface area contributed by atoms with Gasteiger partial charge in [-0.2, -0.15) is 0 Å². The summed E-state index contributed by atoms with van der Waals surface area (Å²) in [5.74, 6) is 0.580. The van der Waals surface area contributed by atoms with Crippen molar-refractivity contribution >= 4 is 21.8 Å². The molecule has 1 aromatic rings. The Hall–Kier alpha value is -1.03. The van der Waals surface area contributed by atoms with Crippen molar-refractivity contribution in [2.45, 2.75) is 19.8 Å². The van der Waals surface area contributed by atoms with Gasteiger partial charge in [-0.1, -0.05) is 28.1 Å². The molecule has 0 unspecified atom stereocenters. The molecule has 17 heavy (non-hydrogen) atoms. The number of ether oxygens (including phenoxy) is 1. The van der Waals surface area contributed by atoms with Gasteiger partial charge in [0.05, 0.1) is 12.2 Å². The second-order valence-electron chi connectivity index (χ2n) is 3.58. The molecule has 0 heterocycles. The fourth-order valence-electron chi connectivity index (χ4n) is 1.45. The first-order valence-corrected chi connectivity index (χ1v) is 6.97. The number of halogens is 1. The van der Waals surface area contributed by atoms with E-state index in [4.69, 9.17) is 4.74 Å². The molecule has 4 heteroatoms. The molecule has 94 valence electrons. The van der Waals surface area contributed by atoms with Gasteiger partial charge in [-0.25, -0.2) is 0 Å².